The van der Waals surface area contributed by atoms with Crippen molar-refractivity contribution in [2.75, 3.05) is 0 Å². The van der Waals surface area contributed by atoms with E-state index in [1.165, 1.54) is 10.8 Å². The molecule has 0 spiro atoms. The first kappa shape index (κ1) is 16.1. The number of nitrogens with zero attached hydrogens (tertiary/aromatic N) is 1. The van der Waals surface area contributed by atoms with Gasteiger partial charge in [-0.25, -0.2) is 0 Å². The van der Waals surface area contributed by atoms with E-state index in [2.05, 4.69) is 41.0 Å². The quantitative estimate of drug-likeness (QED) is 0.273. The van der Waals surface area contributed by atoms with Crippen LogP contribution in [0.15, 0.2) is 83.3 Å². The fourth-order valence-corrected chi connectivity index (χ4v) is 4.71. The molecule has 2 nitrogen and oxygen atoms in total. The Balaban J connectivity index is 1.91. The average molecular weight is 402 g/mol. The predicted octanol–water partition coefficient (Wildman–Crippen LogP) is 7.99. The molecule has 0 amide bonds. The second kappa shape index (κ2) is 5.78. The van der Waals surface area contributed by atoms with Crippen LogP contribution in [-0.4, -0.2) is 4.57 Å². The fourth-order valence-electron chi connectivity index (χ4n) is 4.21. The Morgan fingerprint density at radius 1 is 0.571 bits per heavy atom. The molecule has 0 atom stereocenters. The number of benzene rings is 4. The molecule has 0 unspecified atom stereocenters. The van der Waals surface area contributed by atoms with Gasteiger partial charge in [-0.15, -0.1) is 0 Å². The molecule has 0 fully saturated rings. The smallest absolute Gasteiger partial charge is 0.137 e. The molecule has 0 radical (unpaired) electrons. The summed E-state index contributed by atoms with van der Waals surface area (Å²) < 4.78 is 8.31. The fraction of sp³-hybridized carbons (Fsp3) is 0. The molecule has 28 heavy (non-hydrogen) atoms. The van der Waals surface area contributed by atoms with Crippen molar-refractivity contribution < 1.29 is 4.42 Å². The molecule has 2 heterocycles. The molecule has 2 aromatic heterocycles. The van der Waals surface area contributed by atoms with Crippen LogP contribution in [0.5, 0.6) is 0 Å². The van der Waals surface area contributed by atoms with Crippen LogP contribution in [0.1, 0.15) is 0 Å². The van der Waals surface area contributed by atoms with Gasteiger partial charge in [0.15, 0.2) is 0 Å². The molecule has 134 valence electrons. The summed E-state index contributed by atoms with van der Waals surface area (Å²) in [5.74, 6) is 0. The number of para-hydroxylation sites is 2. The second-order valence-corrected chi connectivity index (χ2v) is 7.67. The van der Waals surface area contributed by atoms with Gasteiger partial charge in [-0.05, 0) is 36.4 Å². The SMILES string of the molecule is Clc1ccc2oc3cccc(Cl)c3c2c1-n1c2ccccc2c2ccccc21. The number of furan rings is 1. The van der Waals surface area contributed by atoms with Gasteiger partial charge in [-0.1, -0.05) is 65.7 Å². The van der Waals surface area contributed by atoms with Gasteiger partial charge in [0.2, 0.25) is 0 Å². The zero-order chi connectivity index (χ0) is 18.8. The minimum Gasteiger partial charge on any atom is -0.456 e. The van der Waals surface area contributed by atoms with Crippen LogP contribution in [0.25, 0.3) is 49.4 Å². The first-order chi connectivity index (χ1) is 13.7. The summed E-state index contributed by atoms with van der Waals surface area (Å²) in [5.41, 5.74) is 4.61. The molecule has 0 bridgehead atoms. The summed E-state index contributed by atoms with van der Waals surface area (Å²) >= 11 is 13.4. The Bertz CT molecular complexity index is 1490. The summed E-state index contributed by atoms with van der Waals surface area (Å²) in [6.07, 6.45) is 0. The third-order valence-corrected chi connectivity index (χ3v) is 5.96. The Morgan fingerprint density at radius 2 is 1.21 bits per heavy atom. The van der Waals surface area contributed by atoms with Crippen LogP contribution >= 0.6 is 23.2 Å². The summed E-state index contributed by atoms with van der Waals surface area (Å²) in [6.45, 7) is 0. The van der Waals surface area contributed by atoms with Crippen LogP contribution in [0.4, 0.5) is 0 Å². The molecule has 6 rings (SSSR count). The molecule has 6 aromatic rings. The first-order valence-electron chi connectivity index (χ1n) is 9.02. The molecule has 0 aliphatic carbocycles. The van der Waals surface area contributed by atoms with Gasteiger partial charge < -0.3 is 8.98 Å². The lowest BCUT2D eigenvalue weighted by Crippen LogP contribution is -1.96. The minimum atomic E-state index is 0.653. The molecule has 0 N–H and O–H groups in total. The Hall–Kier alpha value is -2.94. The molecular weight excluding hydrogens is 389 g/mol. The van der Waals surface area contributed by atoms with E-state index in [0.717, 1.165) is 38.7 Å². The van der Waals surface area contributed by atoms with E-state index in [1.807, 2.05) is 42.5 Å². The van der Waals surface area contributed by atoms with Crippen molar-refractivity contribution in [2.24, 2.45) is 0 Å². The lowest BCUT2D eigenvalue weighted by atomic mass is 10.1. The molecule has 0 aliphatic rings. The Labute approximate surface area is 170 Å². The average Bonchev–Trinajstić information content (AvgIpc) is 3.25. The Kier molecular flexibility index (Phi) is 3.31. The molecule has 4 heteroatoms. The van der Waals surface area contributed by atoms with Gasteiger partial charge >= 0.3 is 0 Å². The predicted molar refractivity (Wildman–Crippen MR) is 118 cm³/mol. The number of rotatable bonds is 1. The number of fused-ring (bicyclic) bond motifs is 6. The standard InChI is InChI=1S/C24H13Cl2NO/c25-16-8-5-11-20-22(16)23-21(28-20)13-12-17(26)24(23)27-18-9-3-1-6-14(18)15-7-2-4-10-19(15)27/h1-13H. The second-order valence-electron chi connectivity index (χ2n) is 6.85. The van der Waals surface area contributed by atoms with Crippen molar-refractivity contribution in [3.8, 4) is 5.69 Å². The van der Waals surface area contributed by atoms with E-state index >= 15 is 0 Å². The van der Waals surface area contributed by atoms with Crippen LogP contribution in [0.3, 0.4) is 0 Å². The first-order valence-corrected chi connectivity index (χ1v) is 9.77. The van der Waals surface area contributed by atoms with Crippen LogP contribution in [-0.2, 0) is 0 Å². The monoisotopic (exact) mass is 401 g/mol. The van der Waals surface area contributed by atoms with E-state index in [1.54, 1.807) is 0 Å². The third kappa shape index (κ3) is 2.05. The van der Waals surface area contributed by atoms with Crippen molar-refractivity contribution in [2.45, 2.75) is 0 Å². The van der Waals surface area contributed by atoms with Gasteiger partial charge in [0.1, 0.15) is 11.2 Å². The number of hydrogen-bond donors (Lipinski definition) is 0. The van der Waals surface area contributed by atoms with E-state index in [4.69, 9.17) is 27.6 Å². The molecule has 0 saturated heterocycles. The third-order valence-electron chi connectivity index (χ3n) is 5.34. The van der Waals surface area contributed by atoms with E-state index in [9.17, 15) is 0 Å². The molecule has 0 aliphatic heterocycles. The topological polar surface area (TPSA) is 18.1 Å². The lowest BCUT2D eigenvalue weighted by molar-refractivity contribution is 0.669. The summed E-state index contributed by atoms with van der Waals surface area (Å²) in [5, 5.41) is 5.50. The largest absolute Gasteiger partial charge is 0.456 e. The maximum atomic E-state index is 6.80. The van der Waals surface area contributed by atoms with Gasteiger partial charge in [0.25, 0.3) is 0 Å². The summed E-state index contributed by atoms with van der Waals surface area (Å²) in [7, 11) is 0. The summed E-state index contributed by atoms with van der Waals surface area (Å²) in [4.78, 5) is 0. The van der Waals surface area contributed by atoms with Crippen molar-refractivity contribution in [1.82, 2.24) is 4.57 Å². The van der Waals surface area contributed by atoms with Gasteiger partial charge in [0, 0.05) is 16.2 Å². The van der Waals surface area contributed by atoms with E-state index < -0.39 is 0 Å². The van der Waals surface area contributed by atoms with Crippen LogP contribution < -0.4 is 0 Å². The normalized spacial score (nSPS) is 11.9. The molecule has 4 aromatic carbocycles. The zero-order valence-corrected chi connectivity index (χ0v) is 16.1. The number of halogens is 2. The highest BCUT2D eigenvalue weighted by Crippen LogP contribution is 2.43. The zero-order valence-electron chi connectivity index (χ0n) is 14.6. The van der Waals surface area contributed by atoms with Crippen LogP contribution in [0, 0.1) is 0 Å². The van der Waals surface area contributed by atoms with Crippen molar-refractivity contribution >= 4 is 66.9 Å². The number of hydrogen-bond acceptors (Lipinski definition) is 1. The molecular formula is C24H13Cl2NO. The van der Waals surface area contributed by atoms with E-state index in [-0.39, 0.29) is 0 Å². The van der Waals surface area contributed by atoms with Crippen LogP contribution in [0.2, 0.25) is 10.0 Å². The number of aromatic nitrogens is 1. The maximum absolute atomic E-state index is 6.80. The van der Waals surface area contributed by atoms with Crippen molar-refractivity contribution in [1.29, 1.82) is 0 Å². The van der Waals surface area contributed by atoms with E-state index in [0.29, 0.717) is 10.0 Å². The highest BCUT2D eigenvalue weighted by Gasteiger charge is 2.21. The minimum absolute atomic E-state index is 0.653. The maximum Gasteiger partial charge on any atom is 0.137 e. The van der Waals surface area contributed by atoms with Crippen molar-refractivity contribution in [3.05, 3.63) is 88.9 Å². The van der Waals surface area contributed by atoms with Gasteiger partial charge in [0.05, 0.1) is 32.2 Å². The Morgan fingerprint density at radius 3 is 1.93 bits per heavy atom. The highest BCUT2D eigenvalue weighted by atomic mass is 35.5. The molecule has 0 saturated carbocycles. The summed E-state index contributed by atoms with van der Waals surface area (Å²) in [6, 6.07) is 26.3. The highest BCUT2D eigenvalue weighted by molar-refractivity contribution is 6.40. The van der Waals surface area contributed by atoms with Crippen molar-refractivity contribution in [3.63, 3.8) is 0 Å². The van der Waals surface area contributed by atoms with Gasteiger partial charge in [-0.2, -0.15) is 0 Å². The van der Waals surface area contributed by atoms with Gasteiger partial charge in [-0.3, -0.25) is 0 Å². The lowest BCUT2D eigenvalue weighted by Gasteiger charge is -2.12.